The predicted octanol–water partition coefficient (Wildman–Crippen LogP) is 2.34. The number of aldehydes is 1. The van der Waals surface area contributed by atoms with Gasteiger partial charge < -0.3 is 0 Å². The molecule has 0 amide bonds. The summed E-state index contributed by atoms with van der Waals surface area (Å²) < 4.78 is 0. The Labute approximate surface area is 79.7 Å². The molecule has 0 spiro atoms. The zero-order valence-electron chi connectivity index (χ0n) is 6.97. The molecule has 0 saturated carbocycles. The molecule has 0 aliphatic rings. The van der Waals surface area contributed by atoms with Crippen molar-refractivity contribution in [3.8, 4) is 0 Å². The van der Waals surface area contributed by atoms with Gasteiger partial charge in [-0.25, -0.2) is 0 Å². The van der Waals surface area contributed by atoms with Crippen molar-refractivity contribution < 1.29 is 4.79 Å². The first-order valence-electron chi connectivity index (χ1n) is 3.82. The van der Waals surface area contributed by atoms with Crippen LogP contribution in [0.4, 0.5) is 0 Å². The predicted molar refractivity (Wildman–Crippen MR) is 51.2 cm³/mol. The fraction of sp³-hybridized carbons (Fsp3) is 0.111. The van der Waals surface area contributed by atoms with E-state index in [0.29, 0.717) is 16.2 Å². The molecule has 0 bridgehead atoms. The van der Waals surface area contributed by atoms with Crippen LogP contribution in [0.1, 0.15) is 16.1 Å². The third-order valence-electron chi connectivity index (χ3n) is 1.90. The number of nitrogens with one attached hydrogen (secondary N) is 1. The summed E-state index contributed by atoms with van der Waals surface area (Å²) in [5.41, 5.74) is 2.14. The molecule has 1 heterocycles. The highest BCUT2D eigenvalue weighted by Gasteiger charge is 2.07. The van der Waals surface area contributed by atoms with Crippen LogP contribution < -0.4 is 0 Å². The molecule has 66 valence electrons. The molecular weight excluding hydrogens is 188 g/mol. The minimum Gasteiger partial charge on any atom is -0.296 e. The summed E-state index contributed by atoms with van der Waals surface area (Å²) in [6, 6.07) is 3.70. The summed E-state index contributed by atoms with van der Waals surface area (Å²) in [5.74, 6) is 0. The summed E-state index contributed by atoms with van der Waals surface area (Å²) in [4.78, 5) is 10.6. The number of halogens is 1. The molecule has 2 rings (SSSR count). The summed E-state index contributed by atoms with van der Waals surface area (Å²) in [6.45, 7) is 1.92. The summed E-state index contributed by atoms with van der Waals surface area (Å²) in [7, 11) is 0. The van der Waals surface area contributed by atoms with Gasteiger partial charge in [-0.2, -0.15) is 5.10 Å². The minimum absolute atomic E-state index is 0.473. The van der Waals surface area contributed by atoms with Gasteiger partial charge in [0.1, 0.15) is 11.2 Å². The number of nitrogens with zero attached hydrogens (tertiary/aromatic N) is 1. The number of aromatic nitrogens is 2. The fourth-order valence-corrected chi connectivity index (χ4v) is 1.64. The van der Waals surface area contributed by atoms with Gasteiger partial charge in [-0.3, -0.25) is 9.89 Å². The van der Waals surface area contributed by atoms with Crippen LogP contribution in [0.5, 0.6) is 0 Å². The topological polar surface area (TPSA) is 45.8 Å². The third kappa shape index (κ3) is 1.21. The van der Waals surface area contributed by atoms with Gasteiger partial charge in [-0.15, -0.1) is 0 Å². The Balaban J connectivity index is 2.89. The monoisotopic (exact) mass is 194 g/mol. The van der Waals surface area contributed by atoms with Crippen LogP contribution in [-0.4, -0.2) is 16.5 Å². The molecule has 0 fully saturated rings. The molecule has 13 heavy (non-hydrogen) atoms. The van der Waals surface area contributed by atoms with E-state index >= 15 is 0 Å². The van der Waals surface area contributed by atoms with Gasteiger partial charge in [0.25, 0.3) is 0 Å². The minimum atomic E-state index is 0.473. The standard InChI is InChI=1S/C9H7ClN2O/c1-5-2-6-8(4-13)11-12-9(6)7(10)3-5/h2-4H,1H3,(H,11,12). The molecule has 1 aromatic heterocycles. The van der Waals surface area contributed by atoms with E-state index in [1.54, 1.807) is 0 Å². The highest BCUT2D eigenvalue weighted by Crippen LogP contribution is 2.24. The molecule has 1 aromatic carbocycles. The molecular formula is C9H7ClN2O. The van der Waals surface area contributed by atoms with Crippen molar-refractivity contribution in [1.82, 2.24) is 10.2 Å². The molecule has 2 aromatic rings. The van der Waals surface area contributed by atoms with Crippen LogP contribution in [0.3, 0.4) is 0 Å². The lowest BCUT2D eigenvalue weighted by atomic mass is 10.1. The maximum absolute atomic E-state index is 10.6. The van der Waals surface area contributed by atoms with Gasteiger partial charge in [0.05, 0.1) is 5.02 Å². The highest BCUT2D eigenvalue weighted by atomic mass is 35.5. The number of aryl methyl sites for hydroxylation is 1. The van der Waals surface area contributed by atoms with Gasteiger partial charge in [0, 0.05) is 5.39 Å². The molecule has 0 unspecified atom stereocenters. The summed E-state index contributed by atoms with van der Waals surface area (Å²) >= 11 is 5.93. The van der Waals surface area contributed by atoms with Crippen LogP contribution in [0.15, 0.2) is 12.1 Å². The number of rotatable bonds is 1. The van der Waals surface area contributed by atoms with Crippen LogP contribution in [-0.2, 0) is 0 Å². The van der Waals surface area contributed by atoms with Crippen molar-refractivity contribution in [2.24, 2.45) is 0 Å². The van der Waals surface area contributed by atoms with E-state index in [-0.39, 0.29) is 0 Å². The lowest BCUT2D eigenvalue weighted by Gasteiger charge is -1.95. The molecule has 1 N–H and O–H groups in total. The maximum Gasteiger partial charge on any atom is 0.168 e. The molecule has 0 saturated heterocycles. The summed E-state index contributed by atoms with van der Waals surface area (Å²) in [5, 5.41) is 7.92. The van der Waals surface area contributed by atoms with E-state index in [0.717, 1.165) is 17.2 Å². The Morgan fingerprint density at radius 3 is 3.00 bits per heavy atom. The van der Waals surface area contributed by atoms with Crippen LogP contribution >= 0.6 is 11.6 Å². The second-order valence-corrected chi connectivity index (χ2v) is 3.31. The lowest BCUT2D eigenvalue weighted by Crippen LogP contribution is -1.79. The zero-order valence-corrected chi connectivity index (χ0v) is 7.72. The molecule has 0 aliphatic heterocycles. The number of aromatic amines is 1. The fourth-order valence-electron chi connectivity index (χ4n) is 1.32. The van der Waals surface area contributed by atoms with Gasteiger partial charge in [-0.1, -0.05) is 11.6 Å². The molecule has 3 nitrogen and oxygen atoms in total. The second-order valence-electron chi connectivity index (χ2n) is 2.90. The summed E-state index contributed by atoms with van der Waals surface area (Å²) in [6.07, 6.45) is 0.741. The smallest absolute Gasteiger partial charge is 0.168 e. The Hall–Kier alpha value is -1.35. The Morgan fingerprint density at radius 2 is 2.31 bits per heavy atom. The first kappa shape index (κ1) is 8.26. The van der Waals surface area contributed by atoms with Crippen molar-refractivity contribution in [1.29, 1.82) is 0 Å². The molecule has 0 atom stereocenters. The first-order chi connectivity index (χ1) is 6.22. The number of fused-ring (bicyclic) bond motifs is 1. The normalized spacial score (nSPS) is 10.6. The SMILES string of the molecule is Cc1cc(Cl)c2n[nH]c(C=O)c2c1. The van der Waals surface area contributed by atoms with E-state index in [2.05, 4.69) is 10.2 Å². The van der Waals surface area contributed by atoms with E-state index < -0.39 is 0 Å². The Kier molecular flexibility index (Phi) is 1.81. The number of carbonyl (C=O) groups excluding carboxylic acids is 1. The average molecular weight is 195 g/mol. The quantitative estimate of drug-likeness (QED) is 0.709. The zero-order chi connectivity index (χ0) is 9.42. The van der Waals surface area contributed by atoms with Crippen molar-refractivity contribution in [3.05, 3.63) is 28.4 Å². The van der Waals surface area contributed by atoms with E-state index in [9.17, 15) is 4.79 Å². The molecule has 0 aliphatic carbocycles. The van der Waals surface area contributed by atoms with Crippen LogP contribution in [0.25, 0.3) is 10.9 Å². The number of hydrogen-bond donors (Lipinski definition) is 1. The average Bonchev–Trinajstić information content (AvgIpc) is 2.47. The van der Waals surface area contributed by atoms with Gasteiger partial charge in [-0.05, 0) is 24.6 Å². The maximum atomic E-state index is 10.6. The van der Waals surface area contributed by atoms with Crippen molar-refractivity contribution in [2.75, 3.05) is 0 Å². The second kappa shape index (κ2) is 2.85. The number of H-pyrrole nitrogens is 1. The molecule has 0 radical (unpaired) electrons. The van der Waals surface area contributed by atoms with Crippen LogP contribution in [0, 0.1) is 6.92 Å². The largest absolute Gasteiger partial charge is 0.296 e. The number of carbonyl (C=O) groups is 1. The molecule has 4 heteroatoms. The van der Waals surface area contributed by atoms with E-state index in [1.807, 2.05) is 19.1 Å². The van der Waals surface area contributed by atoms with Crippen molar-refractivity contribution in [3.63, 3.8) is 0 Å². The Bertz CT molecular complexity index is 476. The Morgan fingerprint density at radius 1 is 1.54 bits per heavy atom. The van der Waals surface area contributed by atoms with E-state index in [4.69, 9.17) is 11.6 Å². The van der Waals surface area contributed by atoms with Gasteiger partial charge in [0.15, 0.2) is 6.29 Å². The highest BCUT2D eigenvalue weighted by molar-refractivity contribution is 6.35. The van der Waals surface area contributed by atoms with Gasteiger partial charge >= 0.3 is 0 Å². The number of hydrogen-bond acceptors (Lipinski definition) is 2. The first-order valence-corrected chi connectivity index (χ1v) is 4.19. The number of benzene rings is 1. The lowest BCUT2D eigenvalue weighted by molar-refractivity contribution is 0.112. The van der Waals surface area contributed by atoms with Crippen LogP contribution in [0.2, 0.25) is 5.02 Å². The van der Waals surface area contributed by atoms with Gasteiger partial charge in [0.2, 0.25) is 0 Å². The van der Waals surface area contributed by atoms with Crippen molar-refractivity contribution in [2.45, 2.75) is 6.92 Å². The third-order valence-corrected chi connectivity index (χ3v) is 2.19. The van der Waals surface area contributed by atoms with E-state index in [1.165, 1.54) is 0 Å². The van der Waals surface area contributed by atoms with Crippen molar-refractivity contribution >= 4 is 28.8 Å².